The highest BCUT2D eigenvalue weighted by atomic mass is 27.0. The maximum Gasteiger partial charge on any atom is 0.187 e. The minimum atomic E-state index is 0. The molecule has 1 aromatic rings. The molecule has 1 rings (SSSR count). The Labute approximate surface area is 79.8 Å². The third-order valence-corrected chi connectivity index (χ3v) is 1.88. The molecule has 0 aliphatic rings. The molecule has 1 aromatic carbocycles. The molecule has 0 saturated heterocycles. The predicted octanol–water partition coefficient (Wildman–Crippen LogP) is 1.63. The monoisotopic (exact) mass is 164 g/mol. The van der Waals surface area contributed by atoms with E-state index in [4.69, 9.17) is 0 Å². The topological polar surface area (TPSA) is 0 Å². The van der Waals surface area contributed by atoms with E-state index in [2.05, 4.69) is 38.1 Å². The van der Waals surface area contributed by atoms with Crippen molar-refractivity contribution in [3.63, 3.8) is 0 Å². The summed E-state index contributed by atoms with van der Waals surface area (Å²) in [6.07, 6.45) is 2.31. The molecule has 0 aliphatic heterocycles. The molecule has 0 spiro atoms. The minimum Gasteiger partial charge on any atom is -0.0620 e. The largest absolute Gasteiger partial charge is 0.187 e. The van der Waals surface area contributed by atoms with E-state index in [-0.39, 0.29) is 17.4 Å². The van der Waals surface area contributed by atoms with Crippen molar-refractivity contribution in [1.29, 1.82) is 0 Å². The Balaban J connectivity index is 0.000001000. The van der Waals surface area contributed by atoms with E-state index in [9.17, 15) is 0 Å². The van der Waals surface area contributed by atoms with Crippen molar-refractivity contribution in [3.05, 3.63) is 35.4 Å². The van der Waals surface area contributed by atoms with Crippen LogP contribution in [-0.2, 0) is 12.8 Å². The zero-order chi connectivity index (χ0) is 7.40. The summed E-state index contributed by atoms with van der Waals surface area (Å²) >= 11 is 0. The lowest BCUT2D eigenvalue weighted by Crippen LogP contribution is -1.88. The lowest BCUT2D eigenvalue weighted by Gasteiger charge is -2.02. The summed E-state index contributed by atoms with van der Waals surface area (Å²) in [6, 6.07) is 8.63. The van der Waals surface area contributed by atoms with E-state index in [1.165, 1.54) is 11.1 Å². The average Bonchev–Trinajstić information content (AvgIpc) is 2.04. The first-order valence-electron chi connectivity index (χ1n) is 3.95. The van der Waals surface area contributed by atoms with Crippen molar-refractivity contribution in [2.24, 2.45) is 0 Å². The molecule has 0 radical (unpaired) electrons. The summed E-state index contributed by atoms with van der Waals surface area (Å²) in [7, 11) is 0. The summed E-state index contributed by atoms with van der Waals surface area (Å²) < 4.78 is 0. The molecule has 0 bridgehead atoms. The van der Waals surface area contributed by atoms with Crippen molar-refractivity contribution in [2.45, 2.75) is 26.7 Å². The van der Waals surface area contributed by atoms with Crippen molar-refractivity contribution >= 4 is 17.4 Å². The molecule has 0 atom stereocenters. The molecule has 1 heteroatoms. The van der Waals surface area contributed by atoms with Gasteiger partial charge in [0.05, 0.1) is 0 Å². The highest BCUT2D eigenvalue weighted by molar-refractivity contribution is 5.75. The molecule has 0 N–H and O–H groups in total. The van der Waals surface area contributed by atoms with Gasteiger partial charge in [0.2, 0.25) is 0 Å². The van der Waals surface area contributed by atoms with Crippen molar-refractivity contribution in [1.82, 2.24) is 0 Å². The number of hydrogen-bond acceptors (Lipinski definition) is 0. The Hall–Kier alpha value is -0.248. The molecule has 0 fully saturated rings. The van der Waals surface area contributed by atoms with Gasteiger partial charge in [0.1, 0.15) is 0 Å². The highest BCUT2D eigenvalue weighted by Gasteiger charge is 1.93. The lowest BCUT2D eigenvalue weighted by molar-refractivity contribution is 1.04. The Morgan fingerprint density at radius 1 is 0.909 bits per heavy atom. The van der Waals surface area contributed by atoms with Crippen LogP contribution in [0, 0.1) is 0 Å². The molecule has 0 aliphatic carbocycles. The zero-order valence-corrected chi connectivity index (χ0v) is 6.72. The molecule has 0 amide bonds. The summed E-state index contributed by atoms with van der Waals surface area (Å²) in [5.74, 6) is 0. The van der Waals surface area contributed by atoms with Gasteiger partial charge in [-0.3, -0.25) is 0 Å². The molecular formula is C10H17Al. The second-order valence-corrected chi connectivity index (χ2v) is 2.48. The van der Waals surface area contributed by atoms with E-state index >= 15 is 0 Å². The van der Waals surface area contributed by atoms with Crippen molar-refractivity contribution < 1.29 is 0 Å². The van der Waals surface area contributed by atoms with Gasteiger partial charge in [0.15, 0.2) is 17.4 Å². The maximum absolute atomic E-state index is 2.21. The fraction of sp³-hybridized carbons (Fsp3) is 0.400. The predicted molar refractivity (Wildman–Crippen MR) is 55.1 cm³/mol. The number of rotatable bonds is 2. The minimum absolute atomic E-state index is 0. The second-order valence-electron chi connectivity index (χ2n) is 2.48. The average molecular weight is 164 g/mol. The van der Waals surface area contributed by atoms with Crippen molar-refractivity contribution in [2.75, 3.05) is 0 Å². The third-order valence-electron chi connectivity index (χ3n) is 1.88. The number of benzene rings is 1. The van der Waals surface area contributed by atoms with Gasteiger partial charge in [-0.15, -0.1) is 0 Å². The third kappa shape index (κ3) is 2.69. The van der Waals surface area contributed by atoms with Crippen LogP contribution in [-0.4, -0.2) is 17.4 Å². The first-order chi connectivity index (χ1) is 4.88. The summed E-state index contributed by atoms with van der Waals surface area (Å²) in [6.45, 7) is 4.41. The van der Waals surface area contributed by atoms with E-state index in [0.717, 1.165) is 12.8 Å². The molecule has 0 aromatic heterocycles. The fourth-order valence-corrected chi connectivity index (χ4v) is 1.25. The normalized spacial score (nSPS) is 8.91. The van der Waals surface area contributed by atoms with Crippen LogP contribution in [0.25, 0.3) is 0 Å². The van der Waals surface area contributed by atoms with Crippen LogP contribution in [0.5, 0.6) is 0 Å². The molecule has 0 heterocycles. The van der Waals surface area contributed by atoms with Gasteiger partial charge in [0, 0.05) is 0 Å². The standard InChI is InChI=1S/C10H14.Al.3H/c1-3-9-7-5-6-8-10(9)4-2;;;;/h5-8H,3-4H2,1-2H3;;;;. The van der Waals surface area contributed by atoms with Crippen LogP contribution in [0.1, 0.15) is 25.0 Å². The number of aryl methyl sites for hydroxylation is 2. The lowest BCUT2D eigenvalue weighted by atomic mass is 10.0. The van der Waals surface area contributed by atoms with Gasteiger partial charge in [-0.25, -0.2) is 0 Å². The highest BCUT2D eigenvalue weighted by Crippen LogP contribution is 2.08. The van der Waals surface area contributed by atoms with Crippen LogP contribution in [0.3, 0.4) is 0 Å². The smallest absolute Gasteiger partial charge is 0.0620 e. The Kier molecular flexibility index (Phi) is 5.29. The zero-order valence-electron chi connectivity index (χ0n) is 6.72. The van der Waals surface area contributed by atoms with E-state index < -0.39 is 0 Å². The van der Waals surface area contributed by atoms with Crippen LogP contribution < -0.4 is 0 Å². The Bertz CT molecular complexity index is 183. The van der Waals surface area contributed by atoms with Crippen LogP contribution >= 0.6 is 0 Å². The Morgan fingerprint density at radius 3 is 1.55 bits per heavy atom. The SMILES string of the molecule is CCc1ccccc1CC.[AlH3]. The quantitative estimate of drug-likeness (QED) is 0.583. The number of hydrogen-bond donors (Lipinski definition) is 0. The maximum atomic E-state index is 2.21. The first kappa shape index (κ1) is 10.8. The molecule has 0 saturated carbocycles. The van der Waals surface area contributed by atoms with E-state index in [0.29, 0.717) is 0 Å². The molecule has 60 valence electrons. The van der Waals surface area contributed by atoms with Gasteiger partial charge in [-0.2, -0.15) is 0 Å². The second kappa shape index (κ2) is 5.41. The van der Waals surface area contributed by atoms with Crippen LogP contribution in [0.2, 0.25) is 0 Å². The summed E-state index contributed by atoms with van der Waals surface area (Å²) in [4.78, 5) is 0. The molecular weight excluding hydrogens is 147 g/mol. The first-order valence-corrected chi connectivity index (χ1v) is 3.95. The summed E-state index contributed by atoms with van der Waals surface area (Å²) in [5, 5.41) is 0. The molecule has 0 unspecified atom stereocenters. The fourth-order valence-electron chi connectivity index (χ4n) is 1.25. The van der Waals surface area contributed by atoms with E-state index in [1.54, 1.807) is 0 Å². The van der Waals surface area contributed by atoms with Gasteiger partial charge in [-0.1, -0.05) is 38.1 Å². The van der Waals surface area contributed by atoms with Crippen LogP contribution in [0.15, 0.2) is 24.3 Å². The van der Waals surface area contributed by atoms with Crippen molar-refractivity contribution in [3.8, 4) is 0 Å². The Morgan fingerprint density at radius 2 is 1.27 bits per heavy atom. The van der Waals surface area contributed by atoms with Gasteiger partial charge < -0.3 is 0 Å². The van der Waals surface area contributed by atoms with Gasteiger partial charge >= 0.3 is 0 Å². The molecule has 0 nitrogen and oxygen atoms in total. The molecule has 11 heavy (non-hydrogen) atoms. The van der Waals surface area contributed by atoms with Gasteiger partial charge in [0.25, 0.3) is 0 Å². The van der Waals surface area contributed by atoms with Crippen LogP contribution in [0.4, 0.5) is 0 Å². The van der Waals surface area contributed by atoms with E-state index in [1.807, 2.05) is 0 Å². The van der Waals surface area contributed by atoms with Gasteiger partial charge in [-0.05, 0) is 24.0 Å². The summed E-state index contributed by atoms with van der Waals surface area (Å²) in [5.41, 5.74) is 2.98.